The molecule has 2 atom stereocenters. The minimum absolute atomic E-state index is 0.126. The molecule has 116 valence electrons. The molecule has 0 saturated heterocycles. The van der Waals surface area contributed by atoms with Gasteiger partial charge in [-0.2, -0.15) is 13.2 Å². The Kier molecular flexibility index (Phi) is 4.61. The molecular formula is C13H15ClF3N3O. The number of hydrogen-bond acceptors (Lipinski definition) is 3. The maximum Gasteiger partial charge on any atom is 0.417 e. The molecule has 0 aromatic carbocycles. The number of primary amides is 1. The molecular weight excluding hydrogens is 307 g/mol. The number of alkyl halides is 3. The molecule has 4 nitrogen and oxygen atoms in total. The summed E-state index contributed by atoms with van der Waals surface area (Å²) in [7, 11) is 0. The number of rotatable bonds is 3. The van der Waals surface area contributed by atoms with Crippen LogP contribution in [0.2, 0.25) is 5.02 Å². The average Bonchev–Trinajstić information content (AvgIpc) is 2.40. The van der Waals surface area contributed by atoms with E-state index >= 15 is 0 Å². The highest BCUT2D eigenvalue weighted by molar-refractivity contribution is 6.33. The van der Waals surface area contributed by atoms with Crippen molar-refractivity contribution in [3.8, 4) is 0 Å². The van der Waals surface area contributed by atoms with E-state index in [1.165, 1.54) is 0 Å². The van der Waals surface area contributed by atoms with Crippen LogP contribution < -0.4 is 11.1 Å². The van der Waals surface area contributed by atoms with Crippen molar-refractivity contribution >= 4 is 23.3 Å². The van der Waals surface area contributed by atoms with Crippen molar-refractivity contribution in [2.45, 2.75) is 37.9 Å². The molecule has 1 aliphatic carbocycles. The van der Waals surface area contributed by atoms with Gasteiger partial charge in [0.1, 0.15) is 5.82 Å². The van der Waals surface area contributed by atoms with Crippen LogP contribution in [-0.2, 0) is 11.0 Å². The van der Waals surface area contributed by atoms with Gasteiger partial charge in [0, 0.05) is 12.2 Å². The van der Waals surface area contributed by atoms with E-state index in [0.29, 0.717) is 12.8 Å². The van der Waals surface area contributed by atoms with Crippen LogP contribution in [0.4, 0.5) is 19.0 Å². The number of carbonyl (C=O) groups is 1. The first-order chi connectivity index (χ1) is 9.79. The van der Waals surface area contributed by atoms with Crippen molar-refractivity contribution in [2.75, 3.05) is 5.32 Å². The smallest absolute Gasteiger partial charge is 0.369 e. The minimum Gasteiger partial charge on any atom is -0.369 e. The largest absolute Gasteiger partial charge is 0.417 e. The predicted octanol–water partition coefficient (Wildman–Crippen LogP) is 3.21. The molecule has 1 aromatic rings. The number of carbonyl (C=O) groups excluding carboxylic acids is 1. The summed E-state index contributed by atoms with van der Waals surface area (Å²) in [5.74, 6) is -0.642. The summed E-state index contributed by atoms with van der Waals surface area (Å²) >= 11 is 5.84. The number of hydrogen-bond donors (Lipinski definition) is 2. The van der Waals surface area contributed by atoms with Crippen LogP contribution in [-0.4, -0.2) is 16.9 Å². The van der Waals surface area contributed by atoms with Crippen LogP contribution in [0.15, 0.2) is 12.3 Å². The average molecular weight is 322 g/mol. The summed E-state index contributed by atoms with van der Waals surface area (Å²) in [5.41, 5.74) is 4.44. The molecule has 1 saturated carbocycles. The van der Waals surface area contributed by atoms with Gasteiger partial charge in [0.2, 0.25) is 5.91 Å². The van der Waals surface area contributed by atoms with Gasteiger partial charge in [0.25, 0.3) is 0 Å². The number of nitrogens with two attached hydrogens (primary N) is 1. The molecule has 1 aromatic heterocycles. The van der Waals surface area contributed by atoms with Gasteiger partial charge in [-0.25, -0.2) is 4.98 Å². The minimum atomic E-state index is -4.49. The lowest BCUT2D eigenvalue weighted by atomic mass is 9.84. The molecule has 0 aliphatic heterocycles. The number of amides is 1. The quantitative estimate of drug-likeness (QED) is 0.898. The second kappa shape index (κ2) is 6.09. The second-order valence-electron chi connectivity index (χ2n) is 5.10. The summed E-state index contributed by atoms with van der Waals surface area (Å²) in [6, 6.07) is 0.567. The van der Waals surface area contributed by atoms with Crippen molar-refractivity contribution in [1.82, 2.24) is 4.98 Å². The Morgan fingerprint density at radius 3 is 2.62 bits per heavy atom. The fourth-order valence-electron chi connectivity index (χ4n) is 2.52. The van der Waals surface area contributed by atoms with E-state index in [0.717, 1.165) is 25.1 Å². The van der Waals surface area contributed by atoms with Crippen LogP contribution in [0.25, 0.3) is 0 Å². The SMILES string of the molecule is NC(=O)C1CCCCC1Nc1ncc(C(F)(F)F)cc1Cl. The second-order valence-corrected chi connectivity index (χ2v) is 5.50. The number of nitrogens with zero attached hydrogens (tertiary/aromatic N) is 1. The Morgan fingerprint density at radius 2 is 2.05 bits per heavy atom. The molecule has 0 radical (unpaired) electrons. The molecule has 3 N–H and O–H groups in total. The molecule has 2 unspecified atom stereocenters. The van der Waals surface area contributed by atoms with Crippen molar-refractivity contribution in [2.24, 2.45) is 11.7 Å². The van der Waals surface area contributed by atoms with Crippen LogP contribution in [0.1, 0.15) is 31.2 Å². The zero-order chi connectivity index (χ0) is 15.6. The zero-order valence-electron chi connectivity index (χ0n) is 11.1. The van der Waals surface area contributed by atoms with E-state index in [2.05, 4.69) is 10.3 Å². The number of pyridine rings is 1. The summed E-state index contributed by atoms with van der Waals surface area (Å²) in [6.07, 6.45) is -0.594. The Morgan fingerprint density at radius 1 is 1.38 bits per heavy atom. The predicted molar refractivity (Wildman–Crippen MR) is 72.8 cm³/mol. The van der Waals surface area contributed by atoms with Gasteiger partial charge >= 0.3 is 6.18 Å². The maximum atomic E-state index is 12.5. The Labute approximate surface area is 124 Å². The summed E-state index contributed by atoms with van der Waals surface area (Å²) < 4.78 is 37.6. The number of halogens is 4. The van der Waals surface area contributed by atoms with Gasteiger partial charge in [-0.1, -0.05) is 24.4 Å². The highest BCUT2D eigenvalue weighted by Crippen LogP contribution is 2.34. The van der Waals surface area contributed by atoms with E-state index in [1.807, 2.05) is 0 Å². The van der Waals surface area contributed by atoms with Crippen molar-refractivity contribution in [3.63, 3.8) is 0 Å². The molecule has 0 spiro atoms. The first-order valence-corrected chi connectivity index (χ1v) is 6.95. The molecule has 1 amide bonds. The lowest BCUT2D eigenvalue weighted by molar-refractivity contribution is -0.137. The zero-order valence-corrected chi connectivity index (χ0v) is 11.8. The highest BCUT2D eigenvalue weighted by atomic mass is 35.5. The molecule has 1 fully saturated rings. The highest BCUT2D eigenvalue weighted by Gasteiger charge is 2.33. The molecule has 1 aliphatic rings. The van der Waals surface area contributed by atoms with Crippen molar-refractivity contribution in [3.05, 3.63) is 22.8 Å². The molecule has 0 bridgehead atoms. The Balaban J connectivity index is 2.17. The third kappa shape index (κ3) is 3.78. The topological polar surface area (TPSA) is 68.0 Å². The van der Waals surface area contributed by atoms with Gasteiger partial charge in [0.05, 0.1) is 16.5 Å². The lowest BCUT2D eigenvalue weighted by Gasteiger charge is -2.30. The standard InChI is InChI=1S/C13H15ClF3N3O/c14-9-5-7(13(15,16)17)6-19-12(9)20-10-4-2-1-3-8(10)11(18)21/h5-6,8,10H,1-4H2,(H2,18,21)(H,19,20). The van der Waals surface area contributed by atoms with Crippen molar-refractivity contribution < 1.29 is 18.0 Å². The maximum absolute atomic E-state index is 12.5. The van der Waals surface area contributed by atoms with Gasteiger partial charge in [-0.3, -0.25) is 4.79 Å². The van der Waals surface area contributed by atoms with Gasteiger partial charge in [-0.05, 0) is 18.9 Å². The Hall–Kier alpha value is -1.50. The summed E-state index contributed by atoms with van der Waals surface area (Å²) in [5, 5.41) is 2.82. The third-order valence-corrected chi connectivity index (χ3v) is 3.91. The molecule has 8 heteroatoms. The number of aromatic nitrogens is 1. The van der Waals surface area contributed by atoms with Crippen LogP contribution in [0.5, 0.6) is 0 Å². The van der Waals surface area contributed by atoms with Gasteiger partial charge < -0.3 is 11.1 Å². The number of anilines is 1. The van der Waals surface area contributed by atoms with E-state index < -0.39 is 17.6 Å². The fourth-order valence-corrected chi connectivity index (χ4v) is 2.74. The molecule has 1 heterocycles. The first-order valence-electron chi connectivity index (χ1n) is 6.57. The fraction of sp³-hybridized carbons (Fsp3) is 0.538. The summed E-state index contributed by atoms with van der Waals surface area (Å²) in [6.45, 7) is 0. The van der Waals surface area contributed by atoms with Gasteiger partial charge in [0.15, 0.2) is 0 Å². The molecule has 2 rings (SSSR count). The summed E-state index contributed by atoms with van der Waals surface area (Å²) in [4.78, 5) is 15.1. The normalized spacial score (nSPS) is 22.9. The van der Waals surface area contributed by atoms with Crippen LogP contribution >= 0.6 is 11.6 Å². The van der Waals surface area contributed by atoms with E-state index in [4.69, 9.17) is 17.3 Å². The van der Waals surface area contributed by atoms with E-state index in [-0.39, 0.29) is 22.8 Å². The third-order valence-electron chi connectivity index (χ3n) is 3.62. The van der Waals surface area contributed by atoms with Crippen molar-refractivity contribution in [1.29, 1.82) is 0 Å². The monoisotopic (exact) mass is 321 g/mol. The van der Waals surface area contributed by atoms with Crippen LogP contribution in [0, 0.1) is 5.92 Å². The van der Waals surface area contributed by atoms with Crippen LogP contribution in [0.3, 0.4) is 0 Å². The van der Waals surface area contributed by atoms with Gasteiger partial charge in [-0.15, -0.1) is 0 Å². The van der Waals surface area contributed by atoms with E-state index in [1.54, 1.807) is 0 Å². The molecule has 21 heavy (non-hydrogen) atoms. The Bertz CT molecular complexity index is 536. The first kappa shape index (κ1) is 15.9. The van der Waals surface area contributed by atoms with E-state index in [9.17, 15) is 18.0 Å². The number of nitrogens with one attached hydrogen (secondary N) is 1. The lowest BCUT2D eigenvalue weighted by Crippen LogP contribution is -2.40.